The van der Waals surface area contributed by atoms with Crippen molar-refractivity contribution >= 4 is 23.2 Å². The highest BCUT2D eigenvalue weighted by atomic mass is 35.5. The number of amides is 1. The fourth-order valence-corrected chi connectivity index (χ4v) is 4.48. The second kappa shape index (κ2) is 10.9. The number of ether oxygens (including phenoxy) is 1. The first kappa shape index (κ1) is 24.0. The van der Waals surface area contributed by atoms with Gasteiger partial charge >= 0.3 is 0 Å². The van der Waals surface area contributed by atoms with Crippen molar-refractivity contribution in [1.82, 2.24) is 19.9 Å². The van der Waals surface area contributed by atoms with Gasteiger partial charge in [0.05, 0.1) is 12.7 Å². The molecular formula is C28H28ClN5O2. The Morgan fingerprint density at radius 3 is 2.42 bits per heavy atom. The molecule has 1 N–H and O–H groups in total. The molecule has 0 aliphatic carbocycles. The Morgan fingerprint density at radius 2 is 1.72 bits per heavy atom. The number of rotatable bonds is 7. The molecule has 8 heteroatoms. The van der Waals surface area contributed by atoms with Crippen molar-refractivity contribution in [3.63, 3.8) is 0 Å². The average Bonchev–Trinajstić information content (AvgIpc) is 3.35. The van der Waals surface area contributed by atoms with Crippen LogP contribution in [0.4, 0.5) is 5.69 Å². The number of nitrogens with zero attached hydrogens (tertiary/aromatic N) is 4. The monoisotopic (exact) mass is 501 g/mol. The number of hydrogen-bond acceptors (Lipinski definition) is 5. The molecule has 2 heterocycles. The number of halogens is 1. The molecule has 184 valence electrons. The lowest BCUT2D eigenvalue weighted by atomic mass is 10.0. The molecule has 1 aromatic heterocycles. The molecule has 0 spiro atoms. The molecule has 3 aromatic carbocycles. The predicted octanol–water partition coefficient (Wildman–Crippen LogP) is 5.37. The zero-order chi connectivity index (χ0) is 24.9. The summed E-state index contributed by atoms with van der Waals surface area (Å²) < 4.78 is 7.76. The summed E-state index contributed by atoms with van der Waals surface area (Å²) in [6, 6.07) is 23.4. The maximum atomic E-state index is 12.6. The molecule has 0 unspecified atom stereocenters. The van der Waals surface area contributed by atoms with Crippen molar-refractivity contribution < 1.29 is 9.53 Å². The maximum Gasteiger partial charge on any atom is 0.277 e. The minimum absolute atomic E-state index is 0.251. The summed E-state index contributed by atoms with van der Waals surface area (Å²) in [5.74, 6) is 0.594. The summed E-state index contributed by atoms with van der Waals surface area (Å²) in [5.41, 5.74) is 4.08. The number of carbonyl (C=O) groups is 1. The van der Waals surface area contributed by atoms with Crippen LogP contribution in [0, 0.1) is 0 Å². The van der Waals surface area contributed by atoms with Gasteiger partial charge in [0.2, 0.25) is 0 Å². The van der Waals surface area contributed by atoms with Crippen LogP contribution in [0.2, 0.25) is 5.02 Å². The molecule has 1 fully saturated rings. The highest BCUT2D eigenvalue weighted by Crippen LogP contribution is 2.26. The van der Waals surface area contributed by atoms with Gasteiger partial charge in [-0.1, -0.05) is 53.2 Å². The zero-order valence-corrected chi connectivity index (χ0v) is 20.9. The number of anilines is 1. The SMILES string of the molecule is CN1CCC(Oc2ccc(-c3ccc(NC(=O)c4cn(Cc5cccc(Cl)c5)nn4)cc3)cc2)CC1. The van der Waals surface area contributed by atoms with Gasteiger partial charge in [0, 0.05) is 23.8 Å². The molecule has 7 nitrogen and oxygen atoms in total. The van der Waals surface area contributed by atoms with Crippen LogP contribution >= 0.6 is 11.6 Å². The minimum atomic E-state index is -0.310. The molecule has 1 saturated heterocycles. The van der Waals surface area contributed by atoms with Crippen molar-refractivity contribution in [1.29, 1.82) is 0 Å². The van der Waals surface area contributed by atoms with Gasteiger partial charge in [0.1, 0.15) is 11.9 Å². The van der Waals surface area contributed by atoms with E-state index in [1.807, 2.05) is 60.7 Å². The number of nitrogens with one attached hydrogen (secondary N) is 1. The van der Waals surface area contributed by atoms with E-state index in [4.69, 9.17) is 16.3 Å². The third-order valence-corrected chi connectivity index (χ3v) is 6.54. The first-order chi connectivity index (χ1) is 17.5. The summed E-state index contributed by atoms with van der Waals surface area (Å²) in [5, 5.41) is 11.6. The quantitative estimate of drug-likeness (QED) is 0.368. The van der Waals surface area contributed by atoms with Crippen LogP contribution in [0.15, 0.2) is 79.0 Å². The molecule has 5 rings (SSSR count). The van der Waals surface area contributed by atoms with Gasteiger partial charge in [-0.05, 0) is 73.0 Å². The third-order valence-electron chi connectivity index (χ3n) is 6.30. The van der Waals surface area contributed by atoms with E-state index in [1.54, 1.807) is 10.9 Å². The number of carbonyl (C=O) groups excluding carboxylic acids is 1. The molecule has 0 bridgehead atoms. The molecule has 0 atom stereocenters. The largest absolute Gasteiger partial charge is 0.490 e. The second-order valence-corrected chi connectivity index (χ2v) is 9.54. The molecule has 4 aromatic rings. The van der Waals surface area contributed by atoms with Crippen molar-refractivity contribution in [3.05, 3.63) is 95.3 Å². The summed E-state index contributed by atoms with van der Waals surface area (Å²) in [6.45, 7) is 2.64. The standard InChI is InChI=1S/C28H28ClN5O2/c1-33-15-13-26(14-16-33)36-25-11-7-22(8-12-25)21-5-9-24(10-6-21)30-28(35)27-19-34(32-31-27)18-20-3-2-4-23(29)17-20/h2-12,17,19,26H,13-16,18H2,1H3,(H,30,35). The van der Waals surface area contributed by atoms with E-state index >= 15 is 0 Å². The molecular weight excluding hydrogens is 474 g/mol. The van der Waals surface area contributed by atoms with E-state index in [0.29, 0.717) is 17.3 Å². The van der Waals surface area contributed by atoms with Gasteiger partial charge in [0.25, 0.3) is 5.91 Å². The van der Waals surface area contributed by atoms with Gasteiger partial charge in [-0.3, -0.25) is 4.79 Å². The highest BCUT2D eigenvalue weighted by Gasteiger charge is 2.18. The number of aromatic nitrogens is 3. The Hall–Kier alpha value is -3.68. The van der Waals surface area contributed by atoms with E-state index in [-0.39, 0.29) is 17.7 Å². The zero-order valence-electron chi connectivity index (χ0n) is 20.1. The minimum Gasteiger partial charge on any atom is -0.490 e. The van der Waals surface area contributed by atoms with Gasteiger partial charge in [-0.15, -0.1) is 5.10 Å². The number of benzene rings is 3. The summed E-state index contributed by atoms with van der Waals surface area (Å²) in [7, 11) is 2.15. The Kier molecular flexibility index (Phi) is 7.30. The van der Waals surface area contributed by atoms with Crippen molar-refractivity contribution in [2.45, 2.75) is 25.5 Å². The first-order valence-electron chi connectivity index (χ1n) is 12.0. The second-order valence-electron chi connectivity index (χ2n) is 9.11. The van der Waals surface area contributed by atoms with Gasteiger partial charge in [0.15, 0.2) is 5.69 Å². The smallest absolute Gasteiger partial charge is 0.277 e. The lowest BCUT2D eigenvalue weighted by molar-refractivity contribution is 0.102. The van der Waals surface area contributed by atoms with Crippen LogP contribution in [0.5, 0.6) is 5.75 Å². The summed E-state index contributed by atoms with van der Waals surface area (Å²) >= 11 is 6.04. The van der Waals surface area contributed by atoms with Crippen LogP contribution in [0.25, 0.3) is 11.1 Å². The Bertz CT molecular complexity index is 1310. The predicted molar refractivity (Wildman–Crippen MR) is 142 cm³/mol. The lowest BCUT2D eigenvalue weighted by Crippen LogP contribution is -2.35. The van der Waals surface area contributed by atoms with Gasteiger partial charge in [-0.2, -0.15) is 0 Å². The number of piperidine rings is 1. The Morgan fingerprint density at radius 1 is 1.03 bits per heavy atom. The van der Waals surface area contributed by atoms with Crippen molar-refractivity contribution in [3.8, 4) is 16.9 Å². The van der Waals surface area contributed by atoms with Crippen molar-refractivity contribution in [2.75, 3.05) is 25.5 Å². The normalized spacial score (nSPS) is 14.5. The van der Waals surface area contributed by atoms with Crippen LogP contribution in [-0.2, 0) is 6.54 Å². The van der Waals surface area contributed by atoms with Gasteiger partial charge in [-0.25, -0.2) is 4.68 Å². The lowest BCUT2D eigenvalue weighted by Gasteiger charge is -2.29. The van der Waals surface area contributed by atoms with Gasteiger partial charge < -0.3 is 15.0 Å². The number of likely N-dealkylation sites (tertiary alicyclic amines) is 1. The molecule has 0 radical (unpaired) electrons. The first-order valence-corrected chi connectivity index (χ1v) is 12.4. The summed E-state index contributed by atoms with van der Waals surface area (Å²) in [4.78, 5) is 15.0. The van der Waals surface area contributed by atoms with Crippen LogP contribution in [-0.4, -0.2) is 52.0 Å². The average molecular weight is 502 g/mol. The Labute approximate surface area is 215 Å². The third kappa shape index (κ3) is 6.11. The fraction of sp³-hybridized carbons (Fsp3) is 0.250. The van der Waals surface area contributed by atoms with Crippen molar-refractivity contribution in [2.24, 2.45) is 0 Å². The highest BCUT2D eigenvalue weighted by molar-refractivity contribution is 6.30. The molecule has 36 heavy (non-hydrogen) atoms. The molecule has 1 aliphatic rings. The van der Waals surface area contributed by atoms with E-state index in [0.717, 1.165) is 48.4 Å². The molecule has 1 amide bonds. The van der Waals surface area contributed by atoms with E-state index in [2.05, 4.69) is 39.7 Å². The number of hydrogen-bond donors (Lipinski definition) is 1. The molecule has 0 saturated carbocycles. The fourth-order valence-electron chi connectivity index (χ4n) is 4.26. The van der Waals surface area contributed by atoms with Crippen LogP contribution in [0.1, 0.15) is 28.9 Å². The van der Waals surface area contributed by atoms with Crippen LogP contribution < -0.4 is 10.1 Å². The molecule has 1 aliphatic heterocycles. The Balaban J connectivity index is 1.16. The maximum absolute atomic E-state index is 12.6. The van der Waals surface area contributed by atoms with E-state index < -0.39 is 0 Å². The van der Waals surface area contributed by atoms with E-state index in [9.17, 15) is 4.79 Å². The summed E-state index contributed by atoms with van der Waals surface area (Å²) in [6.07, 6.45) is 4.03. The topological polar surface area (TPSA) is 72.3 Å². The van der Waals surface area contributed by atoms with E-state index in [1.165, 1.54) is 0 Å². The van der Waals surface area contributed by atoms with Crippen LogP contribution in [0.3, 0.4) is 0 Å².